The molecule has 1 aliphatic carbocycles. The van der Waals surface area contributed by atoms with Gasteiger partial charge in [0.05, 0.1) is 23.3 Å². The van der Waals surface area contributed by atoms with Gasteiger partial charge in [0.1, 0.15) is 5.60 Å². The Bertz CT molecular complexity index is 974. The number of ether oxygens (including phenoxy) is 1. The molecule has 0 unspecified atom stereocenters. The van der Waals surface area contributed by atoms with Crippen molar-refractivity contribution in [1.82, 2.24) is 10.3 Å². The van der Waals surface area contributed by atoms with Gasteiger partial charge in [0, 0.05) is 17.5 Å². The van der Waals surface area contributed by atoms with Gasteiger partial charge in [-0.2, -0.15) is 5.26 Å². The monoisotopic (exact) mass is 410 g/mol. The number of hydrogen-bond acceptors (Lipinski definition) is 6. The van der Waals surface area contributed by atoms with E-state index in [1.54, 1.807) is 45.2 Å². The third-order valence-corrected chi connectivity index (χ3v) is 5.04. The number of nitrogens with zero attached hydrogens (tertiary/aromatic N) is 3. The smallest absolute Gasteiger partial charge is 0.407 e. The van der Waals surface area contributed by atoms with E-state index in [2.05, 4.69) is 10.3 Å². The van der Waals surface area contributed by atoms with Crippen molar-refractivity contribution in [2.45, 2.75) is 57.8 Å². The number of alkyl carbamates (subject to hydrolysis) is 1. The number of fused-ring (bicyclic) bond motifs is 1. The first kappa shape index (κ1) is 21.5. The second-order valence-electron chi connectivity index (χ2n) is 8.46. The molecule has 2 amide bonds. The van der Waals surface area contributed by atoms with Crippen LogP contribution in [0.1, 0.15) is 40.0 Å². The SMILES string of the molecule is CC(C)(C)OC(=O)N[C@@H]1CC[C@@H](C(=O)N(C#N)c2cccc3cccnc23)C[C@H]1O. The maximum Gasteiger partial charge on any atom is 0.407 e. The number of aromatic nitrogens is 1. The summed E-state index contributed by atoms with van der Waals surface area (Å²) in [7, 11) is 0. The van der Waals surface area contributed by atoms with Crippen molar-refractivity contribution >= 4 is 28.6 Å². The molecule has 1 aromatic heterocycles. The van der Waals surface area contributed by atoms with Crippen LogP contribution in [0.2, 0.25) is 0 Å². The summed E-state index contributed by atoms with van der Waals surface area (Å²) in [4.78, 5) is 30.4. The predicted octanol–water partition coefficient (Wildman–Crippen LogP) is 3.10. The van der Waals surface area contributed by atoms with Crippen molar-refractivity contribution in [1.29, 1.82) is 5.26 Å². The van der Waals surface area contributed by atoms with Crippen LogP contribution in [-0.4, -0.2) is 39.8 Å². The van der Waals surface area contributed by atoms with Crippen LogP contribution in [0.3, 0.4) is 0 Å². The Morgan fingerprint density at radius 2 is 2.00 bits per heavy atom. The van der Waals surface area contributed by atoms with Crippen molar-refractivity contribution in [2.24, 2.45) is 5.92 Å². The van der Waals surface area contributed by atoms with Gasteiger partial charge in [-0.15, -0.1) is 0 Å². The van der Waals surface area contributed by atoms with E-state index in [0.717, 1.165) is 10.3 Å². The number of benzene rings is 1. The minimum absolute atomic E-state index is 0.148. The number of amides is 2. The largest absolute Gasteiger partial charge is 0.444 e. The van der Waals surface area contributed by atoms with Gasteiger partial charge in [-0.25, -0.2) is 9.69 Å². The van der Waals surface area contributed by atoms with Crippen LogP contribution < -0.4 is 10.2 Å². The molecule has 30 heavy (non-hydrogen) atoms. The lowest BCUT2D eigenvalue weighted by Crippen LogP contribution is -2.50. The fourth-order valence-corrected chi connectivity index (χ4v) is 3.67. The zero-order valence-electron chi connectivity index (χ0n) is 17.3. The number of aliphatic hydroxyl groups excluding tert-OH is 1. The van der Waals surface area contributed by atoms with E-state index in [0.29, 0.717) is 24.0 Å². The van der Waals surface area contributed by atoms with E-state index < -0.39 is 29.8 Å². The number of nitriles is 1. The Morgan fingerprint density at radius 3 is 2.67 bits per heavy atom. The Hall–Kier alpha value is -3.18. The molecule has 8 nitrogen and oxygen atoms in total. The molecule has 8 heteroatoms. The molecule has 0 radical (unpaired) electrons. The minimum Gasteiger partial charge on any atom is -0.444 e. The van der Waals surface area contributed by atoms with Gasteiger partial charge in [0.25, 0.3) is 0 Å². The average Bonchev–Trinajstić information content (AvgIpc) is 2.68. The zero-order chi connectivity index (χ0) is 21.9. The summed E-state index contributed by atoms with van der Waals surface area (Å²) in [5.74, 6) is -0.916. The van der Waals surface area contributed by atoms with Crippen LogP contribution in [0.5, 0.6) is 0 Å². The van der Waals surface area contributed by atoms with Crippen molar-refractivity contribution < 1.29 is 19.4 Å². The molecule has 1 aromatic carbocycles. The first-order chi connectivity index (χ1) is 14.2. The molecular weight excluding hydrogens is 384 g/mol. The molecule has 0 saturated heterocycles. The van der Waals surface area contributed by atoms with E-state index in [9.17, 15) is 20.0 Å². The Labute approximate surface area is 175 Å². The lowest BCUT2D eigenvalue weighted by Gasteiger charge is -2.34. The summed E-state index contributed by atoms with van der Waals surface area (Å²) >= 11 is 0. The first-order valence-electron chi connectivity index (χ1n) is 9.94. The second kappa shape index (κ2) is 8.67. The molecule has 3 rings (SSSR count). The molecule has 1 saturated carbocycles. The van der Waals surface area contributed by atoms with Gasteiger partial charge in [0.2, 0.25) is 5.91 Å². The first-order valence-corrected chi connectivity index (χ1v) is 9.94. The number of pyridine rings is 1. The Morgan fingerprint density at radius 1 is 1.27 bits per heavy atom. The van der Waals surface area contributed by atoms with E-state index in [1.165, 1.54) is 0 Å². The standard InChI is InChI=1S/C22H26N4O4/c1-22(2,3)30-21(29)25-16-10-9-15(12-18(16)27)20(28)26(13-23)17-8-4-6-14-7-5-11-24-19(14)17/h4-8,11,15-16,18,27H,9-10,12H2,1-3H3,(H,25,29)/t15-,16-,18-/m1/s1. The molecule has 1 fully saturated rings. The summed E-state index contributed by atoms with van der Waals surface area (Å²) in [6.45, 7) is 5.28. The summed E-state index contributed by atoms with van der Waals surface area (Å²) in [6.07, 6.45) is 3.06. The number of para-hydroxylation sites is 1. The van der Waals surface area contributed by atoms with Crippen LogP contribution in [0.15, 0.2) is 36.5 Å². The molecular formula is C22H26N4O4. The fourth-order valence-electron chi connectivity index (χ4n) is 3.67. The molecule has 0 aliphatic heterocycles. The highest BCUT2D eigenvalue weighted by Crippen LogP contribution is 2.31. The predicted molar refractivity (Wildman–Crippen MR) is 111 cm³/mol. The Balaban J connectivity index is 1.70. The number of anilines is 1. The quantitative estimate of drug-likeness (QED) is 0.593. The van der Waals surface area contributed by atoms with Crippen LogP contribution in [0.4, 0.5) is 10.5 Å². The average molecular weight is 410 g/mol. The lowest BCUT2D eigenvalue weighted by molar-refractivity contribution is -0.124. The highest BCUT2D eigenvalue weighted by molar-refractivity contribution is 6.04. The summed E-state index contributed by atoms with van der Waals surface area (Å²) < 4.78 is 5.23. The summed E-state index contributed by atoms with van der Waals surface area (Å²) in [5.41, 5.74) is 0.349. The summed E-state index contributed by atoms with van der Waals surface area (Å²) in [6, 6.07) is 8.47. The second-order valence-corrected chi connectivity index (χ2v) is 8.46. The molecule has 3 atom stereocenters. The minimum atomic E-state index is -0.911. The van der Waals surface area contributed by atoms with Gasteiger partial charge in [-0.05, 0) is 52.2 Å². The third-order valence-electron chi connectivity index (χ3n) is 5.04. The molecule has 0 spiro atoms. The van der Waals surface area contributed by atoms with Gasteiger partial charge < -0.3 is 15.2 Å². The maximum atomic E-state index is 13.1. The molecule has 158 valence electrons. The van der Waals surface area contributed by atoms with Gasteiger partial charge in [0.15, 0.2) is 6.19 Å². The number of rotatable bonds is 3. The maximum absolute atomic E-state index is 13.1. The van der Waals surface area contributed by atoms with Crippen molar-refractivity contribution in [2.75, 3.05) is 4.90 Å². The van der Waals surface area contributed by atoms with Crippen LogP contribution >= 0.6 is 0 Å². The van der Waals surface area contributed by atoms with Crippen LogP contribution in [0, 0.1) is 17.4 Å². The number of aliphatic hydroxyl groups is 1. The highest BCUT2D eigenvalue weighted by Gasteiger charge is 2.37. The van der Waals surface area contributed by atoms with E-state index in [4.69, 9.17) is 4.74 Å². The van der Waals surface area contributed by atoms with E-state index in [1.807, 2.05) is 18.3 Å². The van der Waals surface area contributed by atoms with Crippen molar-refractivity contribution in [3.8, 4) is 6.19 Å². The lowest BCUT2D eigenvalue weighted by atomic mass is 9.83. The van der Waals surface area contributed by atoms with Gasteiger partial charge in [-0.1, -0.05) is 18.2 Å². The van der Waals surface area contributed by atoms with Crippen molar-refractivity contribution in [3.63, 3.8) is 0 Å². The molecule has 0 bridgehead atoms. The molecule has 2 N–H and O–H groups in total. The Kier molecular flexibility index (Phi) is 6.22. The normalized spacial score (nSPS) is 21.5. The van der Waals surface area contributed by atoms with Crippen molar-refractivity contribution in [3.05, 3.63) is 36.5 Å². The third kappa shape index (κ3) is 4.86. The molecule has 1 aliphatic rings. The number of carbonyl (C=O) groups is 2. The van der Waals surface area contributed by atoms with E-state index in [-0.39, 0.29) is 12.3 Å². The van der Waals surface area contributed by atoms with Crippen LogP contribution in [0.25, 0.3) is 10.9 Å². The van der Waals surface area contributed by atoms with Gasteiger partial charge >= 0.3 is 6.09 Å². The van der Waals surface area contributed by atoms with Gasteiger partial charge in [-0.3, -0.25) is 9.78 Å². The zero-order valence-corrected chi connectivity index (χ0v) is 17.3. The number of hydrogen-bond donors (Lipinski definition) is 2. The van der Waals surface area contributed by atoms with Crippen LogP contribution in [-0.2, 0) is 9.53 Å². The van der Waals surface area contributed by atoms with E-state index >= 15 is 0 Å². The molecule has 2 aromatic rings. The highest BCUT2D eigenvalue weighted by atomic mass is 16.6. The topological polar surface area (TPSA) is 116 Å². The number of nitrogens with one attached hydrogen (secondary N) is 1. The molecule has 1 heterocycles. The summed E-state index contributed by atoms with van der Waals surface area (Å²) in [5, 5.41) is 23.7. The fraction of sp³-hybridized carbons (Fsp3) is 0.455. The number of carbonyl (C=O) groups excluding carboxylic acids is 2.